The smallest absolute Gasteiger partial charge is 0.348 e. The van der Waals surface area contributed by atoms with Gasteiger partial charge in [0.2, 0.25) is 0 Å². The highest BCUT2D eigenvalue weighted by Crippen LogP contribution is 1.97. The third-order valence-corrected chi connectivity index (χ3v) is 1.41. The van der Waals surface area contributed by atoms with Gasteiger partial charge in [-0.1, -0.05) is 0 Å². The van der Waals surface area contributed by atoms with E-state index < -0.39 is 10.4 Å². The molecule has 1 aliphatic heterocycles. The van der Waals surface area contributed by atoms with E-state index in [-0.39, 0.29) is 0 Å². The van der Waals surface area contributed by atoms with Gasteiger partial charge in [0, 0.05) is 11.5 Å². The van der Waals surface area contributed by atoms with E-state index in [1.54, 1.807) is 11.5 Å². The summed E-state index contributed by atoms with van der Waals surface area (Å²) in [6.45, 7) is 0. The lowest BCUT2D eigenvalue weighted by Crippen LogP contribution is -2.97. The van der Waals surface area contributed by atoms with E-state index in [4.69, 9.17) is 0 Å². The Balaban J connectivity index is 2.66. The van der Waals surface area contributed by atoms with Crippen molar-refractivity contribution in [1.82, 2.24) is 0 Å². The molecule has 3 nitrogen and oxygen atoms in total. The average Bonchev–Trinajstić information content (AvgIpc) is 1.77. The molecule has 1 rings (SSSR count). The van der Waals surface area contributed by atoms with E-state index in [9.17, 15) is 10.3 Å². The number of hydrogen-bond donors (Lipinski definition) is 1. The number of quaternary nitrogens is 1. The molecule has 0 aromatic heterocycles. The third kappa shape index (κ3) is 1.03. The zero-order chi connectivity index (χ0) is 5.98. The summed E-state index contributed by atoms with van der Waals surface area (Å²) in [5.74, 6) is -0.419. The van der Waals surface area contributed by atoms with Crippen LogP contribution in [0.2, 0.25) is 0 Å². The van der Waals surface area contributed by atoms with Crippen molar-refractivity contribution in [3.63, 3.8) is 0 Å². The Kier molecular flexibility index (Phi) is 1.57. The maximum atomic E-state index is 10.3. The molecule has 0 bridgehead atoms. The fourth-order valence-electron chi connectivity index (χ4n) is 0.354. The quantitative estimate of drug-likeness (QED) is 0.365. The Morgan fingerprint density at radius 1 is 1.75 bits per heavy atom. The van der Waals surface area contributed by atoms with E-state index in [2.05, 4.69) is 0 Å². The van der Waals surface area contributed by atoms with Crippen LogP contribution in [0.1, 0.15) is 0 Å². The molecule has 0 amide bonds. The Hall–Kier alpha value is -0.450. The van der Waals surface area contributed by atoms with Gasteiger partial charge in [-0.15, -0.1) is 0 Å². The maximum Gasteiger partial charge on any atom is 0.348 e. The molecule has 0 saturated carbocycles. The van der Waals surface area contributed by atoms with Gasteiger partial charge in [-0.3, -0.25) is 0 Å². The van der Waals surface area contributed by atoms with E-state index in [0.29, 0.717) is 0 Å². The standard InChI is InChI=1S/C4H4NO2S/c6-4-2-1-3-8-5(4)7/h1-3,5H. The summed E-state index contributed by atoms with van der Waals surface area (Å²) in [7, 11) is 0. The molecule has 0 aromatic carbocycles. The van der Waals surface area contributed by atoms with Gasteiger partial charge in [0.05, 0.1) is 0 Å². The van der Waals surface area contributed by atoms with E-state index in [0.717, 1.165) is 11.9 Å². The van der Waals surface area contributed by atoms with Crippen molar-refractivity contribution >= 4 is 11.9 Å². The van der Waals surface area contributed by atoms with Crippen molar-refractivity contribution in [3.05, 3.63) is 28.7 Å². The summed E-state index contributed by atoms with van der Waals surface area (Å²) in [4.78, 5) is 0. The van der Waals surface area contributed by atoms with Crippen molar-refractivity contribution in [2.75, 3.05) is 0 Å². The van der Waals surface area contributed by atoms with Crippen LogP contribution in [0.4, 0.5) is 0 Å². The minimum absolute atomic E-state index is 0.396. The fraction of sp³-hybridized carbons (Fsp3) is 0. The predicted octanol–water partition coefficient (Wildman–Crippen LogP) is -0.184. The lowest BCUT2D eigenvalue weighted by Gasteiger charge is -2.14. The van der Waals surface area contributed by atoms with Gasteiger partial charge in [0.15, 0.2) is 0 Å². The molecule has 0 aliphatic carbocycles. The van der Waals surface area contributed by atoms with Gasteiger partial charge >= 0.3 is 5.88 Å². The van der Waals surface area contributed by atoms with E-state index in [1.807, 2.05) is 0 Å². The highest BCUT2D eigenvalue weighted by molar-refractivity contribution is 7.96. The molecule has 8 heavy (non-hydrogen) atoms. The topological polar surface area (TPSA) is 47.4 Å². The van der Waals surface area contributed by atoms with Gasteiger partial charge in [0.25, 0.3) is 0 Å². The van der Waals surface area contributed by atoms with Gasteiger partial charge in [-0.05, 0) is 6.08 Å². The number of nitrogens with one attached hydrogen (secondary N) is 1. The molecule has 0 saturated heterocycles. The monoisotopic (exact) mass is 130 g/mol. The van der Waals surface area contributed by atoms with Crippen LogP contribution >= 0.6 is 11.9 Å². The number of hydroxylamine groups is 1. The van der Waals surface area contributed by atoms with E-state index >= 15 is 0 Å². The molecule has 1 N–H and O–H groups in total. The second-order valence-corrected chi connectivity index (χ2v) is 2.14. The summed E-state index contributed by atoms with van der Waals surface area (Å²) in [6.07, 6.45) is 2.83. The molecule has 0 aromatic rings. The number of hydrogen-bond acceptors (Lipinski definition) is 2. The summed E-state index contributed by atoms with van der Waals surface area (Å²) in [6, 6.07) is 0. The summed E-state index contributed by atoms with van der Waals surface area (Å²) in [5, 5.41) is 22.2. The van der Waals surface area contributed by atoms with Crippen molar-refractivity contribution in [3.8, 4) is 0 Å². The largest absolute Gasteiger partial charge is 0.613 e. The maximum absolute atomic E-state index is 10.3. The van der Waals surface area contributed by atoms with Crippen LogP contribution in [0.15, 0.2) is 23.4 Å². The zero-order valence-electron chi connectivity index (χ0n) is 3.96. The van der Waals surface area contributed by atoms with Crippen molar-refractivity contribution in [2.45, 2.75) is 0 Å². The molecule has 43 valence electrons. The Bertz CT molecular complexity index is 143. The third-order valence-electron chi connectivity index (χ3n) is 0.702. The van der Waals surface area contributed by atoms with Gasteiger partial charge < -0.3 is 5.21 Å². The fourth-order valence-corrected chi connectivity index (χ4v) is 0.819. The number of allylic oxidation sites excluding steroid dienone is 2. The van der Waals surface area contributed by atoms with Crippen LogP contribution in [0.5, 0.6) is 0 Å². The van der Waals surface area contributed by atoms with Crippen molar-refractivity contribution in [1.29, 1.82) is 0 Å². The van der Waals surface area contributed by atoms with Crippen LogP contribution in [-0.4, -0.2) is 0 Å². The highest BCUT2D eigenvalue weighted by Gasteiger charge is 2.07. The molecule has 1 aliphatic rings. The van der Waals surface area contributed by atoms with Crippen LogP contribution in [0, 0.1) is 5.21 Å². The molecule has 1 atom stereocenters. The molecule has 4 heteroatoms. The second kappa shape index (κ2) is 2.21. The van der Waals surface area contributed by atoms with Crippen LogP contribution in [-0.2, 0) is 5.11 Å². The Labute approximate surface area is 51.0 Å². The zero-order valence-corrected chi connectivity index (χ0v) is 4.77. The SMILES string of the molecule is [O]C1=CC=CS[NH+]1[O-]. The predicted molar refractivity (Wildman–Crippen MR) is 29.8 cm³/mol. The number of rotatable bonds is 0. The molecule has 0 fully saturated rings. The molecule has 0 spiro atoms. The van der Waals surface area contributed by atoms with Crippen LogP contribution in [0.3, 0.4) is 0 Å². The lowest BCUT2D eigenvalue weighted by atomic mass is 10.6. The highest BCUT2D eigenvalue weighted by atomic mass is 32.2. The molecular weight excluding hydrogens is 126 g/mol. The van der Waals surface area contributed by atoms with E-state index in [1.165, 1.54) is 6.08 Å². The first-order valence-electron chi connectivity index (χ1n) is 2.05. The second-order valence-electron chi connectivity index (χ2n) is 1.26. The lowest BCUT2D eigenvalue weighted by molar-refractivity contribution is -0.673. The van der Waals surface area contributed by atoms with Gasteiger partial charge in [0.1, 0.15) is 11.9 Å². The Morgan fingerprint density at radius 2 is 2.50 bits per heavy atom. The average molecular weight is 130 g/mol. The molecule has 1 radical (unpaired) electrons. The minimum Gasteiger partial charge on any atom is -0.613 e. The van der Waals surface area contributed by atoms with Crippen LogP contribution < -0.4 is 4.47 Å². The molecule has 1 unspecified atom stereocenters. The Morgan fingerprint density at radius 3 is 2.88 bits per heavy atom. The summed E-state index contributed by atoms with van der Waals surface area (Å²) < 4.78 is -0.396. The summed E-state index contributed by atoms with van der Waals surface area (Å²) >= 11 is 0.926. The first kappa shape index (κ1) is 5.68. The first-order valence-corrected chi connectivity index (χ1v) is 2.93. The molecular formula is C4H4NO2S. The van der Waals surface area contributed by atoms with Crippen molar-refractivity contribution in [2.24, 2.45) is 0 Å². The van der Waals surface area contributed by atoms with Gasteiger partial charge in [-0.25, -0.2) is 9.58 Å². The van der Waals surface area contributed by atoms with Crippen LogP contribution in [0.25, 0.3) is 0 Å². The normalized spacial score (nSPS) is 27.6. The molecule has 1 heterocycles. The first-order chi connectivity index (χ1) is 3.80. The van der Waals surface area contributed by atoms with Gasteiger partial charge in [-0.2, -0.15) is 0 Å². The minimum atomic E-state index is -0.419. The summed E-state index contributed by atoms with van der Waals surface area (Å²) in [5.41, 5.74) is 0. The van der Waals surface area contributed by atoms with Crippen molar-refractivity contribution < 1.29 is 9.58 Å².